The molecule has 1 N–H and O–H groups in total. The highest BCUT2D eigenvalue weighted by Gasteiger charge is 2.22. The van der Waals surface area contributed by atoms with E-state index in [0.29, 0.717) is 6.61 Å². The molecular weight excluding hydrogens is 166 g/mol. The lowest BCUT2D eigenvalue weighted by Crippen LogP contribution is -2.43. The predicted octanol–water partition coefficient (Wildman–Crippen LogP) is -0.285. The second-order valence-electron chi connectivity index (χ2n) is 2.73. The average Bonchev–Trinajstić information content (AvgIpc) is 1.85. The monoisotopic (exact) mass is 179 g/mol. The van der Waals surface area contributed by atoms with Crippen molar-refractivity contribution in [3.8, 4) is 0 Å². The van der Waals surface area contributed by atoms with Crippen LogP contribution in [0.15, 0.2) is 0 Å². The molecule has 0 aliphatic carbocycles. The lowest BCUT2D eigenvalue weighted by Gasteiger charge is -2.22. The first kappa shape index (κ1) is 8.96. The molecule has 1 rings (SSSR count). The van der Waals surface area contributed by atoms with Gasteiger partial charge in [-0.3, -0.25) is 0 Å². The fourth-order valence-electron chi connectivity index (χ4n) is 1.21. The van der Waals surface area contributed by atoms with E-state index in [0.717, 1.165) is 12.8 Å². The van der Waals surface area contributed by atoms with Crippen LogP contribution in [0.25, 0.3) is 0 Å². The zero-order chi connectivity index (χ0) is 8.32. The van der Waals surface area contributed by atoms with Crippen LogP contribution in [0, 0.1) is 0 Å². The van der Waals surface area contributed by atoms with Gasteiger partial charge in [0, 0.05) is 13.2 Å². The molecule has 0 aromatic heterocycles. The molecule has 0 aromatic rings. The lowest BCUT2D eigenvalue weighted by molar-refractivity contribution is 0.169. The Labute approximate surface area is 67.0 Å². The third-order valence-electron chi connectivity index (χ3n) is 1.68. The van der Waals surface area contributed by atoms with E-state index < -0.39 is 10.0 Å². The maximum Gasteiger partial charge on any atom is 0.211 e. The quantitative estimate of drug-likeness (QED) is 0.634. The molecular formula is C6H13NO3S. The van der Waals surface area contributed by atoms with E-state index in [4.69, 9.17) is 4.74 Å². The molecule has 66 valence electrons. The maximum atomic E-state index is 11.0. The Morgan fingerprint density at radius 2 is 2.36 bits per heavy atom. The molecule has 0 saturated carbocycles. The third kappa shape index (κ3) is 2.76. The summed E-state index contributed by atoms with van der Waals surface area (Å²) in [6.45, 7) is 0.471. The molecule has 0 aromatic carbocycles. The van der Waals surface area contributed by atoms with Gasteiger partial charge in [-0.15, -0.1) is 0 Å². The Hall–Kier alpha value is -0.130. The summed E-state index contributed by atoms with van der Waals surface area (Å²) in [7, 11) is -1.41. The number of ether oxygens (including phenoxy) is 1. The van der Waals surface area contributed by atoms with Gasteiger partial charge < -0.3 is 4.74 Å². The zero-order valence-corrected chi connectivity index (χ0v) is 7.36. The van der Waals surface area contributed by atoms with Gasteiger partial charge in [-0.05, 0) is 12.8 Å². The highest BCUT2D eigenvalue weighted by Crippen LogP contribution is 2.08. The standard InChI is InChI=1S/C6H13NO3S/c1-10-5-6-3-2-4-11(8,9)7-6/h6-7H,2-5H2,1H3. The van der Waals surface area contributed by atoms with Crippen LogP contribution in [0.4, 0.5) is 0 Å². The summed E-state index contributed by atoms with van der Waals surface area (Å²) in [6.07, 6.45) is 1.62. The van der Waals surface area contributed by atoms with Crippen molar-refractivity contribution < 1.29 is 13.2 Å². The summed E-state index contributed by atoms with van der Waals surface area (Å²) in [5.74, 6) is 0.257. The smallest absolute Gasteiger partial charge is 0.211 e. The van der Waals surface area contributed by atoms with E-state index in [2.05, 4.69) is 4.72 Å². The first-order valence-corrected chi connectivity index (χ1v) is 5.28. The van der Waals surface area contributed by atoms with E-state index in [9.17, 15) is 8.42 Å². The Balaban J connectivity index is 2.47. The summed E-state index contributed by atoms with van der Waals surface area (Å²) in [4.78, 5) is 0. The molecule has 1 saturated heterocycles. The van der Waals surface area contributed by atoms with Gasteiger partial charge in [-0.2, -0.15) is 0 Å². The second kappa shape index (κ2) is 3.51. The number of rotatable bonds is 2. The fraction of sp³-hybridized carbons (Fsp3) is 1.00. The molecule has 0 radical (unpaired) electrons. The van der Waals surface area contributed by atoms with Crippen LogP contribution >= 0.6 is 0 Å². The number of hydrogen-bond donors (Lipinski definition) is 1. The van der Waals surface area contributed by atoms with Crippen molar-refractivity contribution in [3.63, 3.8) is 0 Å². The van der Waals surface area contributed by atoms with Crippen LogP contribution in [0.3, 0.4) is 0 Å². The van der Waals surface area contributed by atoms with Crippen LogP contribution < -0.4 is 4.72 Å². The first-order chi connectivity index (χ1) is 5.14. The molecule has 4 nitrogen and oxygen atoms in total. The minimum absolute atomic E-state index is 0.0150. The highest BCUT2D eigenvalue weighted by atomic mass is 32.2. The predicted molar refractivity (Wildman–Crippen MR) is 41.8 cm³/mol. The fourth-order valence-corrected chi connectivity index (χ4v) is 2.57. The minimum Gasteiger partial charge on any atom is -0.383 e. The molecule has 0 amide bonds. The van der Waals surface area contributed by atoms with Crippen molar-refractivity contribution in [1.29, 1.82) is 0 Å². The minimum atomic E-state index is -2.98. The molecule has 0 bridgehead atoms. The largest absolute Gasteiger partial charge is 0.383 e. The summed E-state index contributed by atoms with van der Waals surface area (Å²) in [5.41, 5.74) is 0. The molecule has 1 aliphatic heterocycles. The van der Waals surface area contributed by atoms with Crippen molar-refractivity contribution >= 4 is 10.0 Å². The second-order valence-corrected chi connectivity index (χ2v) is 4.60. The SMILES string of the molecule is COCC1CCCS(=O)(=O)N1. The summed E-state index contributed by atoms with van der Waals surface area (Å²) >= 11 is 0. The van der Waals surface area contributed by atoms with E-state index in [1.807, 2.05) is 0 Å². The van der Waals surface area contributed by atoms with Gasteiger partial charge in [0.2, 0.25) is 10.0 Å². The third-order valence-corrected chi connectivity index (χ3v) is 3.20. The van der Waals surface area contributed by atoms with Crippen molar-refractivity contribution in [2.24, 2.45) is 0 Å². The van der Waals surface area contributed by atoms with Crippen LogP contribution in [-0.2, 0) is 14.8 Å². The summed E-state index contributed by atoms with van der Waals surface area (Å²) in [6, 6.07) is -0.0150. The molecule has 1 heterocycles. The van der Waals surface area contributed by atoms with Crippen LogP contribution in [0.1, 0.15) is 12.8 Å². The topological polar surface area (TPSA) is 55.4 Å². The van der Waals surface area contributed by atoms with E-state index in [1.165, 1.54) is 0 Å². The number of methoxy groups -OCH3 is 1. The van der Waals surface area contributed by atoms with Crippen molar-refractivity contribution in [2.75, 3.05) is 19.5 Å². The molecule has 1 fully saturated rings. The maximum absolute atomic E-state index is 11.0. The number of sulfonamides is 1. The average molecular weight is 179 g/mol. The number of hydrogen-bond acceptors (Lipinski definition) is 3. The van der Waals surface area contributed by atoms with E-state index in [-0.39, 0.29) is 11.8 Å². The Bertz CT molecular complexity index is 210. The van der Waals surface area contributed by atoms with Gasteiger partial charge in [-0.25, -0.2) is 13.1 Å². The lowest BCUT2D eigenvalue weighted by atomic mass is 10.2. The van der Waals surface area contributed by atoms with Gasteiger partial charge in [0.25, 0.3) is 0 Å². The summed E-state index contributed by atoms with van der Waals surface area (Å²) < 4.78 is 29.3. The Kier molecular flexibility index (Phi) is 2.86. The van der Waals surface area contributed by atoms with Crippen molar-refractivity contribution in [3.05, 3.63) is 0 Å². The molecule has 1 aliphatic rings. The van der Waals surface area contributed by atoms with Crippen molar-refractivity contribution in [1.82, 2.24) is 4.72 Å². The molecule has 1 atom stereocenters. The van der Waals surface area contributed by atoms with Crippen LogP contribution in [0.2, 0.25) is 0 Å². The Morgan fingerprint density at radius 3 is 2.91 bits per heavy atom. The molecule has 1 unspecified atom stereocenters. The summed E-state index contributed by atoms with van der Waals surface area (Å²) in [5, 5.41) is 0. The van der Waals surface area contributed by atoms with Gasteiger partial charge in [0.05, 0.1) is 12.4 Å². The van der Waals surface area contributed by atoms with Gasteiger partial charge >= 0.3 is 0 Å². The highest BCUT2D eigenvalue weighted by molar-refractivity contribution is 7.89. The van der Waals surface area contributed by atoms with Crippen LogP contribution in [0.5, 0.6) is 0 Å². The van der Waals surface area contributed by atoms with E-state index >= 15 is 0 Å². The molecule has 5 heteroatoms. The van der Waals surface area contributed by atoms with Gasteiger partial charge in [0.15, 0.2) is 0 Å². The Morgan fingerprint density at radius 1 is 1.64 bits per heavy atom. The molecule has 11 heavy (non-hydrogen) atoms. The number of nitrogens with one attached hydrogen (secondary N) is 1. The first-order valence-electron chi connectivity index (χ1n) is 3.63. The van der Waals surface area contributed by atoms with E-state index in [1.54, 1.807) is 7.11 Å². The zero-order valence-electron chi connectivity index (χ0n) is 6.54. The van der Waals surface area contributed by atoms with Gasteiger partial charge in [-0.1, -0.05) is 0 Å². The molecule has 0 spiro atoms. The van der Waals surface area contributed by atoms with Crippen LogP contribution in [-0.4, -0.2) is 33.9 Å². The van der Waals surface area contributed by atoms with Crippen molar-refractivity contribution in [2.45, 2.75) is 18.9 Å². The normalized spacial score (nSPS) is 30.1. The van der Waals surface area contributed by atoms with Gasteiger partial charge in [0.1, 0.15) is 0 Å².